The highest BCUT2D eigenvalue weighted by atomic mass is 16.5. The number of hydrogen-bond donors (Lipinski definition) is 1. The van der Waals surface area contributed by atoms with Crippen LogP contribution in [0.5, 0.6) is 11.5 Å². The minimum atomic E-state index is -0.706. The summed E-state index contributed by atoms with van der Waals surface area (Å²) in [6, 6.07) is 4.13. The van der Waals surface area contributed by atoms with Crippen molar-refractivity contribution in [3.8, 4) is 11.5 Å². The van der Waals surface area contributed by atoms with E-state index in [1.54, 1.807) is 0 Å². The summed E-state index contributed by atoms with van der Waals surface area (Å²) in [5.74, 6) is 0.901. The van der Waals surface area contributed by atoms with Gasteiger partial charge in [0.25, 0.3) is 0 Å². The Morgan fingerprint density at radius 3 is 2.90 bits per heavy atom. The Morgan fingerprint density at radius 1 is 1.48 bits per heavy atom. The predicted molar refractivity (Wildman–Crippen MR) is 77.8 cm³/mol. The predicted octanol–water partition coefficient (Wildman–Crippen LogP) is 1.93. The van der Waals surface area contributed by atoms with E-state index in [4.69, 9.17) is 14.6 Å². The van der Waals surface area contributed by atoms with Crippen molar-refractivity contribution in [3.05, 3.63) is 23.3 Å². The van der Waals surface area contributed by atoms with Gasteiger partial charge in [-0.1, -0.05) is 0 Å². The lowest BCUT2D eigenvalue weighted by molar-refractivity contribution is -0.147. The number of hydrogen-bond acceptors (Lipinski definition) is 4. The van der Waals surface area contributed by atoms with Gasteiger partial charge in [-0.3, -0.25) is 9.69 Å². The molecule has 1 fully saturated rings. The van der Waals surface area contributed by atoms with Gasteiger partial charge in [0.1, 0.15) is 17.6 Å². The first-order chi connectivity index (χ1) is 10.1. The van der Waals surface area contributed by atoms with Crippen molar-refractivity contribution in [2.75, 3.05) is 19.7 Å². The Balaban J connectivity index is 1.75. The molecule has 5 heteroatoms. The van der Waals surface area contributed by atoms with Gasteiger partial charge >= 0.3 is 5.97 Å². The molecule has 0 amide bonds. The first kappa shape index (κ1) is 14.2. The van der Waals surface area contributed by atoms with Crippen LogP contribution >= 0.6 is 0 Å². The first-order valence-corrected chi connectivity index (χ1v) is 7.47. The molecule has 1 atom stereocenters. The van der Waals surface area contributed by atoms with Crippen molar-refractivity contribution >= 4 is 5.97 Å². The number of ether oxygens (including phenoxy) is 2. The van der Waals surface area contributed by atoms with Crippen molar-refractivity contribution in [1.29, 1.82) is 0 Å². The highest BCUT2D eigenvalue weighted by molar-refractivity contribution is 5.71. The molecule has 1 unspecified atom stereocenters. The van der Waals surface area contributed by atoms with Gasteiger partial charge in [0.05, 0.1) is 12.5 Å². The maximum absolute atomic E-state index is 10.9. The van der Waals surface area contributed by atoms with Crippen LogP contribution in [-0.4, -0.2) is 41.8 Å². The number of nitrogens with zero attached hydrogens (tertiary/aromatic N) is 1. The highest BCUT2D eigenvalue weighted by Crippen LogP contribution is 2.36. The molecule has 2 heterocycles. The van der Waals surface area contributed by atoms with E-state index in [9.17, 15) is 4.79 Å². The number of fused-ring (bicyclic) bond motifs is 1. The van der Waals surface area contributed by atoms with Crippen LogP contribution in [0.25, 0.3) is 0 Å². The second-order valence-electron chi connectivity index (χ2n) is 5.86. The molecule has 21 heavy (non-hydrogen) atoms. The van der Waals surface area contributed by atoms with Gasteiger partial charge in [-0.2, -0.15) is 0 Å². The average Bonchev–Trinajstić information content (AvgIpc) is 2.72. The third-order valence-electron chi connectivity index (χ3n) is 4.08. The number of benzene rings is 1. The number of likely N-dealkylation sites (tertiary alicyclic amines) is 1. The molecule has 2 aliphatic heterocycles. The van der Waals surface area contributed by atoms with Crippen LogP contribution in [0.2, 0.25) is 0 Å². The zero-order valence-corrected chi connectivity index (χ0v) is 12.5. The van der Waals surface area contributed by atoms with Crippen LogP contribution in [0.4, 0.5) is 0 Å². The maximum atomic E-state index is 10.9. The Bertz CT molecular complexity index is 551. The lowest BCUT2D eigenvalue weighted by atomic mass is 9.98. The molecule has 0 radical (unpaired) electrons. The van der Waals surface area contributed by atoms with Crippen LogP contribution in [0.3, 0.4) is 0 Å². The van der Waals surface area contributed by atoms with E-state index in [1.165, 1.54) is 5.56 Å². The molecule has 2 aliphatic rings. The van der Waals surface area contributed by atoms with E-state index in [0.29, 0.717) is 26.2 Å². The van der Waals surface area contributed by atoms with Crippen molar-refractivity contribution < 1.29 is 19.4 Å². The minimum Gasteiger partial charge on any atom is -0.494 e. The fraction of sp³-hybridized carbons (Fsp3) is 0.562. The third kappa shape index (κ3) is 2.83. The average molecular weight is 291 g/mol. The zero-order chi connectivity index (χ0) is 15.0. The molecule has 5 nitrogen and oxygen atoms in total. The summed E-state index contributed by atoms with van der Waals surface area (Å²) >= 11 is 0. The molecule has 0 bridgehead atoms. The highest BCUT2D eigenvalue weighted by Gasteiger charge is 2.33. The zero-order valence-electron chi connectivity index (χ0n) is 12.5. The Kier molecular flexibility index (Phi) is 3.76. The summed E-state index contributed by atoms with van der Waals surface area (Å²) in [6.07, 6.45) is 1.13. The summed E-state index contributed by atoms with van der Waals surface area (Å²) in [5, 5.41) is 8.94. The maximum Gasteiger partial charge on any atom is 0.309 e. The number of rotatable bonds is 5. The molecule has 114 valence electrons. The van der Waals surface area contributed by atoms with E-state index in [2.05, 4.69) is 24.0 Å². The summed E-state index contributed by atoms with van der Waals surface area (Å²) in [4.78, 5) is 13.0. The van der Waals surface area contributed by atoms with E-state index in [0.717, 1.165) is 23.5 Å². The number of carboxylic acids is 1. The fourth-order valence-corrected chi connectivity index (χ4v) is 2.99. The molecule has 0 spiro atoms. The normalized spacial score (nSPS) is 21.5. The van der Waals surface area contributed by atoms with Crippen LogP contribution in [0, 0.1) is 5.92 Å². The van der Waals surface area contributed by atoms with Gasteiger partial charge in [0.15, 0.2) is 0 Å². The SMILES string of the molecule is CCOc1cc2c(cc1CN1CC(C(=O)O)C1)OC(C)C2. The number of carboxylic acid groups (broad SMARTS) is 1. The van der Waals surface area contributed by atoms with Crippen molar-refractivity contribution in [1.82, 2.24) is 4.90 Å². The summed E-state index contributed by atoms with van der Waals surface area (Å²) in [6.45, 7) is 6.59. The molecule has 1 aromatic rings. The van der Waals surface area contributed by atoms with E-state index in [-0.39, 0.29) is 12.0 Å². The summed E-state index contributed by atoms with van der Waals surface area (Å²) < 4.78 is 11.5. The summed E-state index contributed by atoms with van der Waals surface area (Å²) in [5.41, 5.74) is 2.27. The molecule has 1 saturated heterocycles. The molecule has 0 aromatic heterocycles. The van der Waals surface area contributed by atoms with Crippen LogP contribution < -0.4 is 9.47 Å². The molecule has 3 rings (SSSR count). The lowest BCUT2D eigenvalue weighted by Crippen LogP contribution is -2.49. The fourth-order valence-electron chi connectivity index (χ4n) is 2.99. The summed E-state index contributed by atoms with van der Waals surface area (Å²) in [7, 11) is 0. The molecule has 0 aliphatic carbocycles. The minimum absolute atomic E-state index is 0.213. The Labute approximate surface area is 124 Å². The standard InChI is InChI=1S/C16H21NO4/c1-3-20-14-5-11-4-10(2)21-15(11)6-12(14)7-17-8-13(9-17)16(18)19/h5-6,10,13H,3-4,7-9H2,1-2H3,(H,18,19). The van der Waals surface area contributed by atoms with Crippen LogP contribution in [0.15, 0.2) is 12.1 Å². The van der Waals surface area contributed by atoms with Crippen molar-refractivity contribution in [3.63, 3.8) is 0 Å². The van der Waals surface area contributed by atoms with Crippen LogP contribution in [0.1, 0.15) is 25.0 Å². The van der Waals surface area contributed by atoms with Gasteiger partial charge in [-0.05, 0) is 26.0 Å². The topological polar surface area (TPSA) is 59.0 Å². The van der Waals surface area contributed by atoms with Crippen molar-refractivity contribution in [2.45, 2.75) is 32.9 Å². The van der Waals surface area contributed by atoms with Gasteiger partial charge in [-0.25, -0.2) is 0 Å². The Morgan fingerprint density at radius 2 is 2.24 bits per heavy atom. The second-order valence-corrected chi connectivity index (χ2v) is 5.86. The number of carbonyl (C=O) groups is 1. The molecule has 1 N–H and O–H groups in total. The second kappa shape index (κ2) is 5.56. The largest absolute Gasteiger partial charge is 0.494 e. The third-order valence-corrected chi connectivity index (χ3v) is 4.08. The number of aliphatic carboxylic acids is 1. The molecule has 0 saturated carbocycles. The Hall–Kier alpha value is -1.75. The molecular formula is C16H21NO4. The van der Waals surface area contributed by atoms with Crippen LogP contribution in [-0.2, 0) is 17.8 Å². The van der Waals surface area contributed by atoms with Gasteiger partial charge in [0.2, 0.25) is 0 Å². The van der Waals surface area contributed by atoms with E-state index in [1.807, 2.05) is 6.92 Å². The monoisotopic (exact) mass is 291 g/mol. The van der Waals surface area contributed by atoms with E-state index < -0.39 is 5.97 Å². The quantitative estimate of drug-likeness (QED) is 0.898. The van der Waals surface area contributed by atoms with Gasteiger partial charge in [0, 0.05) is 37.2 Å². The van der Waals surface area contributed by atoms with Gasteiger partial charge < -0.3 is 14.6 Å². The molecular weight excluding hydrogens is 270 g/mol. The first-order valence-electron chi connectivity index (χ1n) is 7.47. The lowest BCUT2D eigenvalue weighted by Gasteiger charge is -2.36. The van der Waals surface area contributed by atoms with Gasteiger partial charge in [-0.15, -0.1) is 0 Å². The van der Waals surface area contributed by atoms with E-state index >= 15 is 0 Å². The van der Waals surface area contributed by atoms with Crippen molar-refractivity contribution in [2.24, 2.45) is 5.92 Å². The molecule has 1 aromatic carbocycles. The smallest absolute Gasteiger partial charge is 0.309 e.